The predicted octanol–water partition coefficient (Wildman–Crippen LogP) is 5.24. The predicted molar refractivity (Wildman–Crippen MR) is 176 cm³/mol. The van der Waals surface area contributed by atoms with Gasteiger partial charge in [0, 0.05) is 10.4 Å². The summed E-state index contributed by atoms with van der Waals surface area (Å²) in [5.74, 6) is 3.62. The molecule has 5 aliphatic carbocycles. The van der Waals surface area contributed by atoms with Crippen LogP contribution in [0.25, 0.3) is 27.1 Å². The summed E-state index contributed by atoms with van der Waals surface area (Å²) in [4.78, 5) is 1.68. The maximum atomic E-state index is 2.51. The second-order valence-corrected chi connectivity index (χ2v) is 20.4. The number of halogens is 2. The Morgan fingerprint density at radius 1 is 0.860 bits per heavy atom. The van der Waals surface area contributed by atoms with E-state index < -0.39 is 8.07 Å². The van der Waals surface area contributed by atoms with Gasteiger partial charge in [-0.3, -0.25) is 0 Å². The Labute approximate surface area is 295 Å². The molecule has 11 rings (SSSR count). The van der Waals surface area contributed by atoms with Gasteiger partial charge < -0.3 is 24.8 Å². The Kier molecular flexibility index (Phi) is 9.42. The van der Waals surface area contributed by atoms with Crippen molar-refractivity contribution in [1.82, 2.24) is 0 Å². The van der Waals surface area contributed by atoms with Crippen LogP contribution in [-0.2, 0) is 31.6 Å². The van der Waals surface area contributed by atoms with Crippen LogP contribution in [0.2, 0.25) is 13.1 Å². The minimum absolute atomic E-state index is 0. The average molecular weight is 722 g/mol. The SMILES string of the molecule is CC(C)c1cc2c(-c3ccc(C45CC6CC(CC(C6)C4)C5)cc3)cccc2[cH-]1.CC1=C2c3ccsc3C1[Si]2(C)C.[Cl-].[Cl-].[Zr+3]. The molecule has 3 heterocycles. The summed E-state index contributed by atoms with van der Waals surface area (Å²) in [5, 5.41) is 6.80. The molecule has 1 unspecified atom stereocenters. The fourth-order valence-electron chi connectivity index (χ4n) is 10.4. The molecule has 5 heteroatoms. The molecule has 4 fully saturated rings. The Morgan fingerprint density at radius 2 is 1.49 bits per heavy atom. The molecule has 0 amide bonds. The standard InChI is InChI=1S/C28H31.C10H12SSi.2ClH.Zr/c1-18(2)24-13-23-4-3-5-26(27(23)14-24)22-6-8-25(9-7-22)28-15-19-10-20(16-28)12-21(11-19)17-28;1-6-9-7-4-5-11-8(7)10(6)12(9,2)3;;;/h3-9,13-14,18-21H,10-12,15-17H2,1-2H3;4-5,10H,1-3H3;2*1H;/q-1;;;;+3/p-2. The summed E-state index contributed by atoms with van der Waals surface area (Å²) in [6, 6.07) is 23.6. The van der Waals surface area contributed by atoms with Gasteiger partial charge in [-0.2, -0.15) is 6.07 Å². The molecule has 2 aliphatic heterocycles. The molecule has 7 aliphatic rings. The van der Waals surface area contributed by atoms with E-state index in [1.807, 2.05) is 11.3 Å². The van der Waals surface area contributed by atoms with Crippen LogP contribution in [0.1, 0.15) is 92.3 Å². The topological polar surface area (TPSA) is 0 Å². The average Bonchev–Trinajstić information content (AvgIpc) is 3.65. The van der Waals surface area contributed by atoms with E-state index in [0.717, 1.165) is 23.3 Å². The second kappa shape index (κ2) is 12.1. The molecule has 0 nitrogen and oxygen atoms in total. The number of rotatable bonds is 3. The third-order valence-electron chi connectivity index (χ3n) is 11.7. The number of allylic oxidation sites excluding steroid dienone is 1. The normalized spacial score (nSPS) is 28.3. The van der Waals surface area contributed by atoms with Crippen LogP contribution < -0.4 is 24.8 Å². The van der Waals surface area contributed by atoms with Crippen molar-refractivity contribution < 1.29 is 51.0 Å². The number of hydrogen-bond acceptors (Lipinski definition) is 1. The molecule has 223 valence electrons. The molecule has 3 aromatic carbocycles. The Hall–Kier alpha value is -0.830. The van der Waals surface area contributed by atoms with E-state index in [4.69, 9.17) is 0 Å². The van der Waals surface area contributed by atoms with Gasteiger partial charge in [0.05, 0.1) is 8.07 Å². The first kappa shape index (κ1) is 33.5. The molecule has 43 heavy (non-hydrogen) atoms. The third kappa shape index (κ3) is 5.20. The summed E-state index contributed by atoms with van der Waals surface area (Å²) >= 11 is 1.96. The van der Waals surface area contributed by atoms with Gasteiger partial charge in [-0.05, 0) is 103 Å². The Balaban J connectivity index is 0.000000208. The van der Waals surface area contributed by atoms with Gasteiger partial charge in [0.15, 0.2) is 0 Å². The van der Waals surface area contributed by atoms with Gasteiger partial charge in [-0.25, -0.2) is 0 Å². The molecule has 0 spiro atoms. The van der Waals surface area contributed by atoms with E-state index in [1.54, 1.807) is 26.8 Å². The zero-order valence-corrected chi connectivity index (χ0v) is 31.9. The summed E-state index contributed by atoms with van der Waals surface area (Å²) in [7, 11) is -0.972. The van der Waals surface area contributed by atoms with E-state index in [2.05, 4.69) is 99.9 Å². The van der Waals surface area contributed by atoms with Crippen LogP contribution in [0, 0.1) is 17.8 Å². The van der Waals surface area contributed by atoms with Crippen LogP contribution in [0.15, 0.2) is 71.6 Å². The monoisotopic (exact) mass is 719 g/mol. The molecule has 6 bridgehead atoms. The first-order chi connectivity index (χ1) is 19.2. The van der Waals surface area contributed by atoms with E-state index in [1.165, 1.54) is 66.0 Å². The number of thiophene rings is 1. The van der Waals surface area contributed by atoms with Gasteiger partial charge >= 0.3 is 26.2 Å². The fourth-order valence-corrected chi connectivity index (χ4v) is 16.7. The number of benzene rings is 2. The summed E-state index contributed by atoms with van der Waals surface area (Å²) in [6.07, 6.45) is 8.93. The molecule has 4 saturated carbocycles. The molecule has 0 saturated heterocycles. The molecule has 4 aromatic rings. The minimum Gasteiger partial charge on any atom is -1.00 e. The zero-order valence-electron chi connectivity index (χ0n) is 26.1. The first-order valence-electron chi connectivity index (χ1n) is 15.8. The number of hydrogen-bond donors (Lipinski definition) is 0. The Bertz CT molecular complexity index is 1620. The van der Waals surface area contributed by atoms with Crippen molar-refractivity contribution in [2.24, 2.45) is 17.8 Å². The van der Waals surface area contributed by atoms with E-state index in [0.29, 0.717) is 11.3 Å². The van der Waals surface area contributed by atoms with Crippen molar-refractivity contribution in [2.45, 2.75) is 89.3 Å². The molecule has 1 aromatic heterocycles. The third-order valence-corrected chi connectivity index (χ3v) is 17.0. The van der Waals surface area contributed by atoms with Gasteiger partial charge in [0.2, 0.25) is 0 Å². The van der Waals surface area contributed by atoms with Gasteiger partial charge in [-0.15, -0.1) is 45.9 Å². The fraction of sp³-hybridized carbons (Fsp3) is 0.447. The van der Waals surface area contributed by atoms with E-state index in [9.17, 15) is 0 Å². The number of fused-ring (bicyclic) bond motifs is 1. The van der Waals surface area contributed by atoms with Gasteiger partial charge in [-0.1, -0.05) is 73.6 Å². The van der Waals surface area contributed by atoms with Crippen molar-refractivity contribution in [3.63, 3.8) is 0 Å². The maximum absolute atomic E-state index is 2.51. The quantitative estimate of drug-likeness (QED) is 0.201. The molecular formula is C38H43Cl2SSiZr. The molecule has 1 atom stereocenters. The van der Waals surface area contributed by atoms with Crippen molar-refractivity contribution in [2.75, 3.05) is 0 Å². The molecule has 0 N–H and O–H groups in total. The van der Waals surface area contributed by atoms with Crippen molar-refractivity contribution in [3.8, 4) is 11.1 Å². The van der Waals surface area contributed by atoms with Gasteiger partial charge in [0.1, 0.15) is 0 Å². The zero-order chi connectivity index (χ0) is 27.4. The Morgan fingerprint density at radius 3 is 2.05 bits per heavy atom. The largest absolute Gasteiger partial charge is 3.00 e. The van der Waals surface area contributed by atoms with Crippen LogP contribution in [0.4, 0.5) is 0 Å². The van der Waals surface area contributed by atoms with E-state index >= 15 is 0 Å². The van der Waals surface area contributed by atoms with Crippen LogP contribution in [-0.4, -0.2) is 8.07 Å². The maximum Gasteiger partial charge on any atom is 3.00 e. The van der Waals surface area contributed by atoms with Crippen molar-refractivity contribution in [1.29, 1.82) is 0 Å². The summed E-state index contributed by atoms with van der Waals surface area (Å²) in [6.45, 7) is 11.9. The smallest absolute Gasteiger partial charge is 1.00 e. The van der Waals surface area contributed by atoms with Crippen LogP contribution >= 0.6 is 11.3 Å². The van der Waals surface area contributed by atoms with Crippen molar-refractivity contribution >= 4 is 35.4 Å². The first-order valence-corrected chi connectivity index (χ1v) is 19.8. The molecular weight excluding hydrogens is 679 g/mol. The minimum atomic E-state index is -0.972. The van der Waals surface area contributed by atoms with Gasteiger partial charge in [0.25, 0.3) is 0 Å². The molecule has 1 radical (unpaired) electrons. The second-order valence-electron chi connectivity index (χ2n) is 14.9. The van der Waals surface area contributed by atoms with Crippen LogP contribution in [0.3, 0.4) is 0 Å². The van der Waals surface area contributed by atoms with Crippen LogP contribution in [0.5, 0.6) is 0 Å². The van der Waals surface area contributed by atoms with E-state index in [-0.39, 0.29) is 51.0 Å². The van der Waals surface area contributed by atoms with Crippen molar-refractivity contribution in [3.05, 3.63) is 93.2 Å². The summed E-state index contributed by atoms with van der Waals surface area (Å²) in [5.41, 5.74) is 10.5. The summed E-state index contributed by atoms with van der Waals surface area (Å²) < 4.78 is 0.